The van der Waals surface area contributed by atoms with E-state index in [1.807, 2.05) is 23.1 Å². The molecule has 2 fully saturated rings. The molecule has 2 aromatic carbocycles. The first-order chi connectivity index (χ1) is 17.8. The maximum absolute atomic E-state index is 12.5. The number of ether oxygens (including phenoxy) is 4. The van der Waals surface area contributed by atoms with E-state index in [1.54, 1.807) is 0 Å². The van der Waals surface area contributed by atoms with E-state index in [1.165, 1.54) is 23.8 Å². The fourth-order valence-corrected chi connectivity index (χ4v) is 5.27. The van der Waals surface area contributed by atoms with E-state index in [9.17, 15) is 18.0 Å². The molecule has 0 saturated carbocycles. The summed E-state index contributed by atoms with van der Waals surface area (Å²) in [6.07, 6.45) is -1.50. The van der Waals surface area contributed by atoms with Crippen LogP contribution in [-0.2, 0) is 11.2 Å². The summed E-state index contributed by atoms with van der Waals surface area (Å²) in [4.78, 5) is 16.5. The van der Waals surface area contributed by atoms with Gasteiger partial charge >= 0.3 is 12.5 Å². The van der Waals surface area contributed by atoms with Crippen LogP contribution in [0.2, 0.25) is 0 Å². The lowest BCUT2D eigenvalue weighted by Crippen LogP contribution is -2.44. The zero-order valence-electron chi connectivity index (χ0n) is 20.5. The van der Waals surface area contributed by atoms with Gasteiger partial charge in [-0.05, 0) is 62.4 Å². The molecule has 5 rings (SSSR count). The Labute approximate surface area is 214 Å². The van der Waals surface area contributed by atoms with Gasteiger partial charge in [-0.25, -0.2) is 4.79 Å². The molecule has 2 atom stereocenters. The van der Waals surface area contributed by atoms with Gasteiger partial charge in [-0.2, -0.15) is 0 Å². The predicted molar refractivity (Wildman–Crippen MR) is 129 cm³/mol. The fourth-order valence-electron chi connectivity index (χ4n) is 5.27. The standard InChI is InChI=1S/C27H31F3N2O5/c28-27(29,30)37-22-6-7-24-25(15-22)36-23(18-34-24)16-31-11-8-19(9-12-31)10-13-32-21(17-35-26(32)33)14-20-4-2-1-3-5-20/h1-7,15,19,21,23H,8-14,16-18H2. The number of rotatable bonds is 8. The van der Waals surface area contributed by atoms with Crippen molar-refractivity contribution in [1.29, 1.82) is 0 Å². The van der Waals surface area contributed by atoms with Crippen molar-refractivity contribution < 1.29 is 36.9 Å². The summed E-state index contributed by atoms with van der Waals surface area (Å²) in [7, 11) is 0. The van der Waals surface area contributed by atoms with Crippen LogP contribution in [0.4, 0.5) is 18.0 Å². The first kappa shape index (κ1) is 25.5. The van der Waals surface area contributed by atoms with E-state index in [4.69, 9.17) is 14.2 Å². The number of carbonyl (C=O) groups excluding carboxylic acids is 1. The van der Waals surface area contributed by atoms with Crippen molar-refractivity contribution in [3.05, 3.63) is 54.1 Å². The van der Waals surface area contributed by atoms with Crippen LogP contribution < -0.4 is 14.2 Å². The van der Waals surface area contributed by atoms with Crippen LogP contribution in [-0.4, -0.2) is 73.8 Å². The molecule has 2 aromatic rings. The van der Waals surface area contributed by atoms with Gasteiger partial charge < -0.3 is 23.8 Å². The van der Waals surface area contributed by atoms with Crippen molar-refractivity contribution in [2.45, 2.75) is 44.2 Å². The summed E-state index contributed by atoms with van der Waals surface area (Å²) in [6, 6.07) is 14.1. The number of carbonyl (C=O) groups is 1. The third kappa shape index (κ3) is 6.80. The average Bonchev–Trinajstić information content (AvgIpc) is 3.21. The van der Waals surface area contributed by atoms with Crippen molar-refractivity contribution in [1.82, 2.24) is 9.80 Å². The van der Waals surface area contributed by atoms with Crippen LogP contribution >= 0.6 is 0 Å². The first-order valence-corrected chi connectivity index (χ1v) is 12.7. The molecule has 3 aliphatic rings. The van der Waals surface area contributed by atoms with Crippen molar-refractivity contribution in [2.75, 3.05) is 39.4 Å². The quantitative estimate of drug-likeness (QED) is 0.494. The Bertz CT molecular complexity index is 1060. The van der Waals surface area contributed by atoms with E-state index >= 15 is 0 Å². The molecule has 0 spiro atoms. The number of benzene rings is 2. The maximum Gasteiger partial charge on any atom is 0.573 e. The molecule has 37 heavy (non-hydrogen) atoms. The van der Waals surface area contributed by atoms with Crippen LogP contribution in [0, 0.1) is 5.92 Å². The first-order valence-electron chi connectivity index (χ1n) is 12.7. The molecule has 3 heterocycles. The zero-order valence-corrected chi connectivity index (χ0v) is 20.5. The van der Waals surface area contributed by atoms with Crippen LogP contribution in [0.3, 0.4) is 0 Å². The summed E-state index contributed by atoms with van der Waals surface area (Å²) in [5.41, 5.74) is 1.20. The van der Waals surface area contributed by atoms with E-state index < -0.39 is 6.36 Å². The number of piperidine rings is 1. The Kier molecular flexibility index (Phi) is 7.64. The number of likely N-dealkylation sites (tertiary alicyclic amines) is 1. The summed E-state index contributed by atoms with van der Waals surface area (Å²) >= 11 is 0. The number of hydrogen-bond acceptors (Lipinski definition) is 6. The number of nitrogens with zero attached hydrogens (tertiary/aromatic N) is 2. The third-order valence-corrected chi connectivity index (χ3v) is 7.20. The molecule has 0 N–H and O–H groups in total. The SMILES string of the molecule is O=C1OCC(Cc2ccccc2)N1CCC1CCN(CC2COc3ccc(OC(F)(F)F)cc3O2)CC1. The number of amides is 1. The number of alkyl halides is 3. The van der Waals surface area contributed by atoms with Crippen LogP contribution in [0.15, 0.2) is 48.5 Å². The van der Waals surface area contributed by atoms with Gasteiger partial charge in [-0.3, -0.25) is 4.90 Å². The molecule has 0 aliphatic carbocycles. The highest BCUT2D eigenvalue weighted by Crippen LogP contribution is 2.37. The molecule has 0 radical (unpaired) electrons. The highest BCUT2D eigenvalue weighted by Gasteiger charge is 2.34. The van der Waals surface area contributed by atoms with Gasteiger partial charge in [0.15, 0.2) is 11.5 Å². The molecule has 7 nitrogen and oxygen atoms in total. The minimum atomic E-state index is -4.76. The van der Waals surface area contributed by atoms with Gasteiger partial charge in [0.1, 0.15) is 25.1 Å². The van der Waals surface area contributed by atoms with Crippen LogP contribution in [0.25, 0.3) is 0 Å². The van der Waals surface area contributed by atoms with Crippen LogP contribution in [0.5, 0.6) is 17.2 Å². The minimum Gasteiger partial charge on any atom is -0.486 e. The lowest BCUT2D eigenvalue weighted by molar-refractivity contribution is -0.274. The largest absolute Gasteiger partial charge is 0.573 e. The number of halogens is 3. The molecule has 2 unspecified atom stereocenters. The highest BCUT2D eigenvalue weighted by molar-refractivity contribution is 5.70. The topological polar surface area (TPSA) is 60.5 Å². The van der Waals surface area contributed by atoms with E-state index in [-0.39, 0.29) is 29.7 Å². The number of cyclic esters (lactones) is 1. The molecule has 0 aromatic heterocycles. The van der Waals surface area contributed by atoms with Gasteiger partial charge in [0.25, 0.3) is 0 Å². The third-order valence-electron chi connectivity index (χ3n) is 7.20. The Morgan fingerprint density at radius 1 is 0.973 bits per heavy atom. The second-order valence-corrected chi connectivity index (χ2v) is 9.85. The fraction of sp³-hybridized carbons (Fsp3) is 0.519. The summed E-state index contributed by atoms with van der Waals surface area (Å²) in [5.74, 6) is 0.864. The molecule has 2 saturated heterocycles. The van der Waals surface area contributed by atoms with Gasteiger partial charge in [-0.1, -0.05) is 30.3 Å². The van der Waals surface area contributed by atoms with Crippen molar-refractivity contribution in [2.24, 2.45) is 5.92 Å². The predicted octanol–water partition coefficient (Wildman–Crippen LogP) is 4.89. The number of hydrogen-bond donors (Lipinski definition) is 0. The molecule has 0 bridgehead atoms. The monoisotopic (exact) mass is 520 g/mol. The second-order valence-electron chi connectivity index (χ2n) is 9.85. The lowest BCUT2D eigenvalue weighted by atomic mass is 9.93. The average molecular weight is 521 g/mol. The smallest absolute Gasteiger partial charge is 0.486 e. The molecule has 3 aliphatic heterocycles. The lowest BCUT2D eigenvalue weighted by Gasteiger charge is -2.36. The minimum absolute atomic E-state index is 0.0726. The molecular weight excluding hydrogens is 489 g/mol. The summed E-state index contributed by atoms with van der Waals surface area (Å²) in [5, 5.41) is 0. The summed E-state index contributed by atoms with van der Waals surface area (Å²) < 4.78 is 58.6. The maximum atomic E-state index is 12.5. The van der Waals surface area contributed by atoms with Crippen molar-refractivity contribution >= 4 is 6.09 Å². The molecule has 10 heteroatoms. The second kappa shape index (κ2) is 11.1. The van der Waals surface area contributed by atoms with Gasteiger partial charge in [-0.15, -0.1) is 13.2 Å². The highest BCUT2D eigenvalue weighted by atomic mass is 19.4. The van der Waals surface area contributed by atoms with Gasteiger partial charge in [0.05, 0.1) is 6.04 Å². The van der Waals surface area contributed by atoms with Crippen LogP contribution in [0.1, 0.15) is 24.8 Å². The molecular formula is C27H31F3N2O5. The summed E-state index contributed by atoms with van der Waals surface area (Å²) in [6.45, 7) is 3.89. The van der Waals surface area contributed by atoms with Crippen molar-refractivity contribution in [3.8, 4) is 17.2 Å². The van der Waals surface area contributed by atoms with Gasteiger partial charge in [0.2, 0.25) is 0 Å². The van der Waals surface area contributed by atoms with Gasteiger partial charge in [0, 0.05) is 19.2 Å². The zero-order chi connectivity index (χ0) is 25.8. The Hall–Kier alpha value is -3.14. The normalized spacial score (nSPS) is 22.7. The molecule has 200 valence electrons. The molecule has 1 amide bonds. The van der Waals surface area contributed by atoms with E-state index in [2.05, 4.69) is 21.8 Å². The van der Waals surface area contributed by atoms with E-state index in [0.717, 1.165) is 38.8 Å². The van der Waals surface area contributed by atoms with Crippen molar-refractivity contribution in [3.63, 3.8) is 0 Å². The number of fused-ring (bicyclic) bond motifs is 1. The van der Waals surface area contributed by atoms with E-state index in [0.29, 0.717) is 38.0 Å². The Morgan fingerprint density at radius 2 is 1.76 bits per heavy atom. The Balaban J connectivity index is 1.06. The Morgan fingerprint density at radius 3 is 2.51 bits per heavy atom.